The summed E-state index contributed by atoms with van der Waals surface area (Å²) in [6, 6.07) is 7.06. The quantitative estimate of drug-likeness (QED) is 0.873. The van der Waals surface area contributed by atoms with Crippen molar-refractivity contribution in [3.8, 4) is 0 Å². The largest absolute Gasteiger partial charge is 0.338 e. The molecule has 22 heavy (non-hydrogen) atoms. The van der Waals surface area contributed by atoms with Crippen molar-refractivity contribution in [2.24, 2.45) is 5.92 Å². The number of nitrogens with zero attached hydrogens (tertiary/aromatic N) is 2. The lowest BCUT2D eigenvalue weighted by Crippen LogP contribution is -2.29. The number of pyridine rings is 1. The molecule has 1 aliphatic heterocycles. The van der Waals surface area contributed by atoms with Crippen LogP contribution in [0.3, 0.4) is 0 Å². The number of carbonyl (C=O) groups excluding carboxylic acids is 1. The molecule has 0 spiro atoms. The number of aromatic nitrogens is 1. The molecule has 0 radical (unpaired) electrons. The third kappa shape index (κ3) is 3.30. The SMILES string of the molecule is O=C(c1cccnc1)N1CCC(Cc2cc(F)cc(F)c2)C1. The van der Waals surface area contributed by atoms with Crippen LogP contribution >= 0.6 is 0 Å². The van der Waals surface area contributed by atoms with Gasteiger partial charge in [-0.3, -0.25) is 9.78 Å². The fourth-order valence-corrected chi connectivity index (χ4v) is 2.92. The Morgan fingerprint density at radius 1 is 1.27 bits per heavy atom. The summed E-state index contributed by atoms with van der Waals surface area (Å²) in [6.45, 7) is 1.27. The predicted molar refractivity (Wildman–Crippen MR) is 78.3 cm³/mol. The number of carbonyl (C=O) groups is 1. The van der Waals surface area contributed by atoms with Gasteiger partial charge in [0.1, 0.15) is 11.6 Å². The van der Waals surface area contributed by atoms with E-state index < -0.39 is 11.6 Å². The molecule has 3 nitrogen and oxygen atoms in total. The van der Waals surface area contributed by atoms with Crippen molar-refractivity contribution >= 4 is 5.91 Å². The lowest BCUT2D eigenvalue weighted by Gasteiger charge is -2.16. The van der Waals surface area contributed by atoms with Gasteiger partial charge in [-0.15, -0.1) is 0 Å². The molecular formula is C17H16F2N2O. The van der Waals surface area contributed by atoms with Gasteiger partial charge < -0.3 is 4.90 Å². The Kier molecular flexibility index (Phi) is 4.13. The van der Waals surface area contributed by atoms with Crippen molar-refractivity contribution in [2.45, 2.75) is 12.8 Å². The van der Waals surface area contributed by atoms with E-state index in [0.29, 0.717) is 30.6 Å². The number of hydrogen-bond donors (Lipinski definition) is 0. The van der Waals surface area contributed by atoms with Gasteiger partial charge in [0.15, 0.2) is 0 Å². The van der Waals surface area contributed by atoms with Crippen LogP contribution in [0.5, 0.6) is 0 Å². The fraction of sp³-hybridized carbons (Fsp3) is 0.294. The molecule has 1 aliphatic rings. The van der Waals surface area contributed by atoms with E-state index in [1.165, 1.54) is 12.1 Å². The highest BCUT2D eigenvalue weighted by atomic mass is 19.1. The molecule has 1 aromatic carbocycles. The molecule has 1 saturated heterocycles. The summed E-state index contributed by atoms with van der Waals surface area (Å²) < 4.78 is 26.4. The summed E-state index contributed by atoms with van der Waals surface area (Å²) in [4.78, 5) is 18.0. The molecule has 0 bridgehead atoms. The first-order valence-electron chi connectivity index (χ1n) is 7.26. The van der Waals surface area contributed by atoms with E-state index >= 15 is 0 Å². The maximum absolute atomic E-state index is 13.2. The highest BCUT2D eigenvalue weighted by molar-refractivity contribution is 5.94. The first kappa shape index (κ1) is 14.6. The number of hydrogen-bond acceptors (Lipinski definition) is 2. The maximum Gasteiger partial charge on any atom is 0.255 e. The Bertz CT molecular complexity index is 655. The van der Waals surface area contributed by atoms with Crippen LogP contribution in [-0.2, 0) is 6.42 Å². The average Bonchev–Trinajstić information content (AvgIpc) is 2.95. The van der Waals surface area contributed by atoms with Crippen LogP contribution < -0.4 is 0 Å². The Morgan fingerprint density at radius 2 is 2.05 bits per heavy atom. The van der Waals surface area contributed by atoms with Gasteiger partial charge in [0.2, 0.25) is 0 Å². The van der Waals surface area contributed by atoms with Crippen molar-refractivity contribution in [3.05, 3.63) is 65.5 Å². The molecule has 1 amide bonds. The minimum atomic E-state index is -0.559. The molecule has 5 heteroatoms. The van der Waals surface area contributed by atoms with Crippen molar-refractivity contribution in [2.75, 3.05) is 13.1 Å². The van der Waals surface area contributed by atoms with Crippen LogP contribution in [0.2, 0.25) is 0 Å². The first-order valence-corrected chi connectivity index (χ1v) is 7.26. The lowest BCUT2D eigenvalue weighted by molar-refractivity contribution is 0.0786. The van der Waals surface area contributed by atoms with Crippen LogP contribution in [0.1, 0.15) is 22.3 Å². The van der Waals surface area contributed by atoms with Crippen molar-refractivity contribution in [3.63, 3.8) is 0 Å². The number of halogens is 2. The summed E-state index contributed by atoms with van der Waals surface area (Å²) in [6.07, 6.45) is 4.59. The molecule has 1 aromatic heterocycles. The van der Waals surface area contributed by atoms with E-state index in [-0.39, 0.29) is 11.8 Å². The van der Waals surface area contributed by atoms with Gasteiger partial charge in [-0.25, -0.2) is 8.78 Å². The average molecular weight is 302 g/mol. The van der Waals surface area contributed by atoms with Crippen LogP contribution in [0.4, 0.5) is 8.78 Å². The number of likely N-dealkylation sites (tertiary alicyclic amines) is 1. The molecular weight excluding hydrogens is 286 g/mol. The first-order chi connectivity index (χ1) is 10.6. The third-order valence-corrected chi connectivity index (χ3v) is 3.93. The van der Waals surface area contributed by atoms with Gasteiger partial charge in [0, 0.05) is 31.5 Å². The summed E-state index contributed by atoms with van der Waals surface area (Å²) in [7, 11) is 0. The minimum absolute atomic E-state index is 0.0407. The summed E-state index contributed by atoms with van der Waals surface area (Å²) >= 11 is 0. The molecule has 0 aliphatic carbocycles. The molecule has 1 unspecified atom stereocenters. The molecule has 2 aromatic rings. The van der Waals surface area contributed by atoms with Crippen molar-refractivity contribution in [1.29, 1.82) is 0 Å². The van der Waals surface area contributed by atoms with E-state index in [0.717, 1.165) is 12.5 Å². The lowest BCUT2D eigenvalue weighted by atomic mass is 9.98. The second-order valence-electron chi connectivity index (χ2n) is 5.63. The normalized spacial score (nSPS) is 17.7. The van der Waals surface area contributed by atoms with Crippen LogP contribution in [-0.4, -0.2) is 28.9 Å². The van der Waals surface area contributed by atoms with Crippen LogP contribution in [0, 0.1) is 17.6 Å². The Balaban J connectivity index is 1.64. The number of rotatable bonds is 3. The number of amides is 1. The Morgan fingerprint density at radius 3 is 2.73 bits per heavy atom. The second-order valence-corrected chi connectivity index (χ2v) is 5.63. The van der Waals surface area contributed by atoms with Gasteiger partial charge in [-0.2, -0.15) is 0 Å². The Hall–Kier alpha value is -2.30. The molecule has 0 N–H and O–H groups in total. The molecule has 3 rings (SSSR count). The number of benzene rings is 1. The smallest absolute Gasteiger partial charge is 0.255 e. The van der Waals surface area contributed by atoms with Crippen molar-refractivity contribution < 1.29 is 13.6 Å². The van der Waals surface area contributed by atoms with Crippen molar-refractivity contribution in [1.82, 2.24) is 9.88 Å². The molecule has 0 saturated carbocycles. The standard InChI is InChI=1S/C17H16F2N2O/c18-15-7-13(8-16(19)9-15)6-12-3-5-21(11-12)17(22)14-2-1-4-20-10-14/h1-2,4,7-10,12H,3,5-6,11H2. The zero-order valence-corrected chi connectivity index (χ0v) is 12.0. The zero-order valence-electron chi connectivity index (χ0n) is 12.0. The second kappa shape index (κ2) is 6.22. The summed E-state index contributed by atoms with van der Waals surface area (Å²) in [5, 5.41) is 0. The van der Waals surface area contributed by atoms with Gasteiger partial charge in [0.05, 0.1) is 5.56 Å². The van der Waals surface area contributed by atoms with Gasteiger partial charge in [0.25, 0.3) is 5.91 Å². The predicted octanol–water partition coefficient (Wildman–Crippen LogP) is 3.06. The van der Waals surface area contributed by atoms with Crippen LogP contribution in [0.25, 0.3) is 0 Å². The third-order valence-electron chi connectivity index (χ3n) is 3.93. The summed E-state index contributed by atoms with van der Waals surface area (Å²) in [5.41, 5.74) is 1.21. The highest BCUT2D eigenvalue weighted by Crippen LogP contribution is 2.23. The van der Waals surface area contributed by atoms with Crippen LogP contribution in [0.15, 0.2) is 42.7 Å². The fourth-order valence-electron chi connectivity index (χ4n) is 2.92. The van der Waals surface area contributed by atoms with E-state index in [2.05, 4.69) is 4.98 Å². The molecule has 1 atom stereocenters. The van der Waals surface area contributed by atoms with Gasteiger partial charge in [-0.1, -0.05) is 0 Å². The van der Waals surface area contributed by atoms with Gasteiger partial charge >= 0.3 is 0 Å². The van der Waals surface area contributed by atoms with Gasteiger partial charge in [-0.05, 0) is 48.6 Å². The summed E-state index contributed by atoms with van der Waals surface area (Å²) in [5.74, 6) is -0.935. The van der Waals surface area contributed by atoms with E-state index in [9.17, 15) is 13.6 Å². The zero-order chi connectivity index (χ0) is 15.5. The Labute approximate surface area is 127 Å². The molecule has 1 fully saturated rings. The van der Waals surface area contributed by atoms with E-state index in [1.807, 2.05) is 0 Å². The highest BCUT2D eigenvalue weighted by Gasteiger charge is 2.27. The molecule has 114 valence electrons. The monoisotopic (exact) mass is 302 g/mol. The minimum Gasteiger partial charge on any atom is -0.338 e. The maximum atomic E-state index is 13.2. The topological polar surface area (TPSA) is 33.2 Å². The van der Waals surface area contributed by atoms with E-state index in [4.69, 9.17) is 0 Å². The molecule has 2 heterocycles. The van der Waals surface area contributed by atoms with E-state index in [1.54, 1.807) is 29.4 Å².